The van der Waals surface area contributed by atoms with Crippen molar-refractivity contribution >= 4 is 0 Å². The molecule has 0 aliphatic heterocycles. The summed E-state index contributed by atoms with van der Waals surface area (Å²) in [6.07, 6.45) is 3.34. The van der Waals surface area contributed by atoms with Crippen molar-refractivity contribution < 1.29 is 0 Å². The van der Waals surface area contributed by atoms with E-state index in [1.807, 2.05) is 17.7 Å². The summed E-state index contributed by atoms with van der Waals surface area (Å²) in [6, 6.07) is 3.55. The molecule has 2 heterocycles. The summed E-state index contributed by atoms with van der Waals surface area (Å²) in [6.45, 7) is 7.45. The number of aromatic nitrogens is 4. The van der Waals surface area contributed by atoms with Crippen LogP contribution in [0.5, 0.6) is 0 Å². The van der Waals surface area contributed by atoms with Crippen LogP contribution in [-0.2, 0) is 13.1 Å². The van der Waals surface area contributed by atoms with Crippen LogP contribution in [0.2, 0.25) is 0 Å². The third-order valence-electron chi connectivity index (χ3n) is 2.70. The second-order valence-electron chi connectivity index (χ2n) is 4.92. The largest absolute Gasteiger partial charge is 0.308 e. The quantitative estimate of drug-likeness (QED) is 0.820. The lowest BCUT2D eigenvalue weighted by Crippen LogP contribution is -2.22. The van der Waals surface area contributed by atoms with E-state index in [9.17, 15) is 4.79 Å². The van der Waals surface area contributed by atoms with Crippen molar-refractivity contribution in [3.63, 3.8) is 0 Å². The van der Waals surface area contributed by atoms with Crippen LogP contribution >= 0.6 is 0 Å². The van der Waals surface area contributed by atoms with Crippen LogP contribution in [0.15, 0.2) is 29.5 Å². The highest BCUT2D eigenvalue weighted by molar-refractivity contribution is 5.08. The molecule has 96 valence electrons. The highest BCUT2D eigenvalue weighted by Crippen LogP contribution is 2.02. The SMILES string of the molecule is Cc1ccn(Cc2ncnn2CC(C)C)c(=O)c1. The topological polar surface area (TPSA) is 52.7 Å². The maximum atomic E-state index is 11.8. The second-order valence-corrected chi connectivity index (χ2v) is 4.92. The molecule has 0 unspecified atom stereocenters. The lowest BCUT2D eigenvalue weighted by Gasteiger charge is -2.09. The van der Waals surface area contributed by atoms with Crippen LogP contribution in [0.25, 0.3) is 0 Å². The zero-order valence-electron chi connectivity index (χ0n) is 11.0. The van der Waals surface area contributed by atoms with Gasteiger partial charge in [-0.3, -0.25) is 4.79 Å². The zero-order valence-corrected chi connectivity index (χ0v) is 11.0. The molecule has 0 aromatic carbocycles. The molecular weight excluding hydrogens is 228 g/mol. The van der Waals surface area contributed by atoms with E-state index < -0.39 is 0 Å². The summed E-state index contributed by atoms with van der Waals surface area (Å²) in [5.74, 6) is 1.31. The van der Waals surface area contributed by atoms with Crippen molar-refractivity contribution in [2.45, 2.75) is 33.9 Å². The molecule has 0 N–H and O–H groups in total. The van der Waals surface area contributed by atoms with Crippen molar-refractivity contribution in [1.82, 2.24) is 19.3 Å². The standard InChI is InChI=1S/C13H18N4O/c1-10(2)7-17-12(14-9-15-17)8-16-5-4-11(3)6-13(16)18/h4-6,9-10H,7-8H2,1-3H3. The highest BCUT2D eigenvalue weighted by Gasteiger charge is 2.07. The van der Waals surface area contributed by atoms with E-state index in [0.717, 1.165) is 17.9 Å². The molecule has 2 aromatic rings. The minimum absolute atomic E-state index is 0.00547. The molecule has 5 nitrogen and oxygen atoms in total. The molecule has 2 aromatic heterocycles. The number of aryl methyl sites for hydroxylation is 1. The molecule has 5 heteroatoms. The Balaban J connectivity index is 2.23. The van der Waals surface area contributed by atoms with Gasteiger partial charge in [0.1, 0.15) is 12.2 Å². The van der Waals surface area contributed by atoms with Gasteiger partial charge in [-0.1, -0.05) is 13.8 Å². The summed E-state index contributed by atoms with van der Waals surface area (Å²) in [4.78, 5) is 16.0. The van der Waals surface area contributed by atoms with Crippen LogP contribution in [-0.4, -0.2) is 19.3 Å². The zero-order chi connectivity index (χ0) is 13.1. The van der Waals surface area contributed by atoms with Gasteiger partial charge in [0.05, 0.1) is 6.54 Å². The van der Waals surface area contributed by atoms with E-state index in [4.69, 9.17) is 0 Å². The van der Waals surface area contributed by atoms with E-state index >= 15 is 0 Å². The molecule has 0 atom stereocenters. The van der Waals surface area contributed by atoms with Crippen LogP contribution in [0.3, 0.4) is 0 Å². The Hall–Kier alpha value is -1.91. The summed E-state index contributed by atoms with van der Waals surface area (Å²) < 4.78 is 3.50. The van der Waals surface area contributed by atoms with Gasteiger partial charge < -0.3 is 4.57 Å². The van der Waals surface area contributed by atoms with E-state index in [1.54, 1.807) is 16.8 Å². The summed E-state index contributed by atoms with van der Waals surface area (Å²) >= 11 is 0. The molecular formula is C13H18N4O. The van der Waals surface area contributed by atoms with Gasteiger partial charge in [0, 0.05) is 18.8 Å². The minimum Gasteiger partial charge on any atom is -0.308 e. The van der Waals surface area contributed by atoms with Gasteiger partial charge in [-0.2, -0.15) is 5.10 Å². The van der Waals surface area contributed by atoms with Crippen molar-refractivity contribution in [2.75, 3.05) is 0 Å². The predicted molar refractivity (Wildman–Crippen MR) is 69.4 cm³/mol. The maximum Gasteiger partial charge on any atom is 0.251 e. The first-order valence-corrected chi connectivity index (χ1v) is 6.10. The lowest BCUT2D eigenvalue weighted by atomic mass is 10.2. The van der Waals surface area contributed by atoms with Crippen LogP contribution in [0.4, 0.5) is 0 Å². The van der Waals surface area contributed by atoms with Gasteiger partial charge in [-0.15, -0.1) is 0 Å². The smallest absolute Gasteiger partial charge is 0.251 e. The van der Waals surface area contributed by atoms with Crippen molar-refractivity contribution in [3.8, 4) is 0 Å². The molecule has 0 radical (unpaired) electrons. The van der Waals surface area contributed by atoms with Gasteiger partial charge in [0.15, 0.2) is 0 Å². The van der Waals surface area contributed by atoms with Gasteiger partial charge >= 0.3 is 0 Å². The van der Waals surface area contributed by atoms with Crippen molar-refractivity contribution in [1.29, 1.82) is 0 Å². The van der Waals surface area contributed by atoms with Gasteiger partial charge in [-0.05, 0) is 24.5 Å². The monoisotopic (exact) mass is 246 g/mol. The van der Waals surface area contributed by atoms with E-state index in [-0.39, 0.29) is 5.56 Å². The van der Waals surface area contributed by atoms with E-state index in [0.29, 0.717) is 12.5 Å². The van der Waals surface area contributed by atoms with Crippen molar-refractivity contribution in [3.05, 3.63) is 46.4 Å². The fourth-order valence-corrected chi connectivity index (χ4v) is 1.80. The highest BCUT2D eigenvalue weighted by atomic mass is 16.1. The molecule has 0 saturated heterocycles. The third-order valence-corrected chi connectivity index (χ3v) is 2.70. The fourth-order valence-electron chi connectivity index (χ4n) is 1.80. The predicted octanol–water partition coefficient (Wildman–Crippen LogP) is 1.45. The molecule has 0 bridgehead atoms. The Bertz CT molecular complexity index is 583. The summed E-state index contributed by atoms with van der Waals surface area (Å²) in [5, 5.41) is 4.19. The first kappa shape index (κ1) is 12.5. The molecule has 0 saturated carbocycles. The average Bonchev–Trinajstić information content (AvgIpc) is 2.69. The molecule has 0 aliphatic carbocycles. The number of nitrogens with zero attached hydrogens (tertiary/aromatic N) is 4. The second kappa shape index (κ2) is 5.16. The molecule has 0 fully saturated rings. The van der Waals surface area contributed by atoms with Gasteiger partial charge in [-0.25, -0.2) is 9.67 Å². The third kappa shape index (κ3) is 2.85. The van der Waals surface area contributed by atoms with Crippen molar-refractivity contribution in [2.24, 2.45) is 5.92 Å². The fraction of sp³-hybridized carbons (Fsp3) is 0.462. The lowest BCUT2D eigenvalue weighted by molar-refractivity contribution is 0.459. The molecule has 18 heavy (non-hydrogen) atoms. The van der Waals surface area contributed by atoms with Gasteiger partial charge in [0.25, 0.3) is 5.56 Å². The Labute approximate surface area is 106 Å². The van der Waals surface area contributed by atoms with E-state index in [1.165, 1.54) is 6.33 Å². The number of hydrogen-bond acceptors (Lipinski definition) is 3. The maximum absolute atomic E-state index is 11.8. The van der Waals surface area contributed by atoms with Crippen LogP contribution in [0.1, 0.15) is 25.2 Å². The number of pyridine rings is 1. The summed E-state index contributed by atoms with van der Waals surface area (Å²) in [5.41, 5.74) is 0.967. The average molecular weight is 246 g/mol. The van der Waals surface area contributed by atoms with Gasteiger partial charge in [0.2, 0.25) is 0 Å². The Morgan fingerprint density at radius 2 is 2.17 bits per heavy atom. The van der Waals surface area contributed by atoms with Crippen LogP contribution in [0, 0.1) is 12.8 Å². The molecule has 0 amide bonds. The van der Waals surface area contributed by atoms with Crippen LogP contribution < -0.4 is 5.56 Å². The Morgan fingerprint density at radius 1 is 1.39 bits per heavy atom. The Kier molecular flexibility index (Phi) is 3.60. The normalized spacial score (nSPS) is 11.1. The molecule has 0 spiro atoms. The number of rotatable bonds is 4. The first-order valence-electron chi connectivity index (χ1n) is 6.10. The minimum atomic E-state index is -0.00547. The first-order chi connectivity index (χ1) is 8.56. The van der Waals surface area contributed by atoms with E-state index in [2.05, 4.69) is 23.9 Å². The molecule has 0 aliphatic rings. The molecule has 2 rings (SSSR count). The summed E-state index contributed by atoms with van der Waals surface area (Å²) in [7, 11) is 0. The Morgan fingerprint density at radius 3 is 2.83 bits per heavy atom. The number of hydrogen-bond donors (Lipinski definition) is 0.